The van der Waals surface area contributed by atoms with Gasteiger partial charge < -0.3 is 14.9 Å². The lowest BCUT2D eigenvalue weighted by atomic mass is 9.82. The van der Waals surface area contributed by atoms with Gasteiger partial charge in [0.15, 0.2) is 0 Å². The second-order valence-corrected chi connectivity index (χ2v) is 9.54. The molecule has 1 aromatic carbocycles. The van der Waals surface area contributed by atoms with Crippen molar-refractivity contribution in [1.82, 2.24) is 0 Å². The number of hydrogen-bond donors (Lipinski definition) is 2. The summed E-state index contributed by atoms with van der Waals surface area (Å²) in [6, 6.07) is 10.3. The third-order valence-electron chi connectivity index (χ3n) is 6.53. The van der Waals surface area contributed by atoms with Gasteiger partial charge in [-0.3, -0.25) is 4.79 Å². The lowest BCUT2D eigenvalue weighted by Gasteiger charge is -2.23. The Hall–Kier alpha value is -2.16. The van der Waals surface area contributed by atoms with Crippen LogP contribution in [0, 0.1) is 23.2 Å². The maximum atomic E-state index is 11.6. The van der Waals surface area contributed by atoms with Crippen LogP contribution in [0.25, 0.3) is 0 Å². The standard InChI is InChI=1S/C28H41NO4/c1-4-5-8-12-25(30)21-14-16-22(17-15-21)28-24(23(19-29)18-26(28)31)11-9-6-7-10-13-27(32)33-20(2)3/h6,9,14-17,20,23-26,28,30-31H,4-5,7-8,10-13,18H2,1-3H3/b9-6-/t23-,24-,25?,26-,28-/m1/s1. The molecule has 5 atom stereocenters. The highest BCUT2D eigenvalue weighted by Crippen LogP contribution is 2.45. The number of unbranched alkanes of at least 4 members (excludes halogenated alkanes) is 3. The second-order valence-electron chi connectivity index (χ2n) is 9.54. The van der Waals surface area contributed by atoms with Crippen molar-refractivity contribution in [2.24, 2.45) is 11.8 Å². The van der Waals surface area contributed by atoms with Gasteiger partial charge in [0.25, 0.3) is 0 Å². The zero-order valence-corrected chi connectivity index (χ0v) is 20.5. The minimum Gasteiger partial charge on any atom is -0.463 e. The minimum atomic E-state index is -0.542. The van der Waals surface area contributed by atoms with E-state index in [9.17, 15) is 20.3 Å². The fourth-order valence-corrected chi connectivity index (χ4v) is 4.80. The molecule has 1 saturated carbocycles. The van der Waals surface area contributed by atoms with Crippen molar-refractivity contribution in [3.63, 3.8) is 0 Å². The summed E-state index contributed by atoms with van der Waals surface area (Å²) in [6.07, 6.45) is 10.2. The molecule has 0 amide bonds. The van der Waals surface area contributed by atoms with Crippen LogP contribution in [-0.2, 0) is 9.53 Å². The van der Waals surface area contributed by atoms with Crippen molar-refractivity contribution in [1.29, 1.82) is 5.26 Å². The second kappa shape index (κ2) is 14.2. The molecule has 0 aromatic heterocycles. The van der Waals surface area contributed by atoms with Gasteiger partial charge in [-0.15, -0.1) is 0 Å². The number of ether oxygens (including phenoxy) is 1. The van der Waals surface area contributed by atoms with Gasteiger partial charge in [0.05, 0.1) is 30.3 Å². The monoisotopic (exact) mass is 455 g/mol. The quantitative estimate of drug-likeness (QED) is 0.217. The Kier molecular flexibility index (Phi) is 11.6. The van der Waals surface area contributed by atoms with Crippen LogP contribution in [0.2, 0.25) is 0 Å². The Morgan fingerprint density at radius 1 is 1.21 bits per heavy atom. The minimum absolute atomic E-state index is 0.0486. The van der Waals surface area contributed by atoms with Crippen LogP contribution in [0.1, 0.15) is 102 Å². The van der Waals surface area contributed by atoms with Crippen LogP contribution >= 0.6 is 0 Å². The molecular formula is C28H41NO4. The van der Waals surface area contributed by atoms with Crippen molar-refractivity contribution in [3.8, 4) is 6.07 Å². The van der Waals surface area contributed by atoms with Gasteiger partial charge in [-0.05, 0) is 63.0 Å². The van der Waals surface area contributed by atoms with Crippen LogP contribution in [0.15, 0.2) is 36.4 Å². The molecular weight excluding hydrogens is 414 g/mol. The fourth-order valence-electron chi connectivity index (χ4n) is 4.80. The number of nitrogens with zero attached hydrogens (tertiary/aromatic N) is 1. The molecule has 0 bridgehead atoms. The number of aliphatic hydroxyl groups is 2. The zero-order valence-electron chi connectivity index (χ0n) is 20.5. The molecule has 1 aromatic rings. The molecule has 1 aliphatic carbocycles. The van der Waals surface area contributed by atoms with Crippen LogP contribution in [0.3, 0.4) is 0 Å². The van der Waals surface area contributed by atoms with Gasteiger partial charge in [0.2, 0.25) is 0 Å². The van der Waals surface area contributed by atoms with Gasteiger partial charge in [-0.2, -0.15) is 5.26 Å². The normalized spacial score (nSPS) is 23.7. The summed E-state index contributed by atoms with van der Waals surface area (Å²) in [5, 5.41) is 30.8. The summed E-state index contributed by atoms with van der Waals surface area (Å²) in [5.74, 6) is -0.394. The maximum Gasteiger partial charge on any atom is 0.306 e. The molecule has 5 heteroatoms. The SMILES string of the molecule is CCCCCC(O)c1ccc([C@@H]2[C@H](C/C=C\CCCC(=O)OC(C)C)[C@@H](C#N)C[C@H]2O)cc1. The highest BCUT2D eigenvalue weighted by atomic mass is 16.5. The largest absolute Gasteiger partial charge is 0.463 e. The molecule has 182 valence electrons. The van der Waals surface area contributed by atoms with Gasteiger partial charge >= 0.3 is 5.97 Å². The molecule has 0 heterocycles. The molecule has 2 N–H and O–H groups in total. The summed E-state index contributed by atoms with van der Waals surface area (Å²) in [7, 11) is 0. The highest BCUT2D eigenvalue weighted by molar-refractivity contribution is 5.69. The molecule has 1 aliphatic rings. The summed E-state index contributed by atoms with van der Waals surface area (Å²) in [4.78, 5) is 11.6. The topological polar surface area (TPSA) is 90.5 Å². The molecule has 0 saturated heterocycles. The Bertz CT molecular complexity index is 780. The van der Waals surface area contributed by atoms with E-state index in [4.69, 9.17) is 4.74 Å². The average molecular weight is 456 g/mol. The summed E-state index contributed by atoms with van der Waals surface area (Å²) in [6.45, 7) is 5.84. The molecule has 2 rings (SSSR count). The number of nitriles is 1. The fraction of sp³-hybridized carbons (Fsp3) is 0.643. The Morgan fingerprint density at radius 3 is 2.58 bits per heavy atom. The maximum absolute atomic E-state index is 11.6. The Labute approximate surface area is 199 Å². The smallest absolute Gasteiger partial charge is 0.306 e. The van der Waals surface area contributed by atoms with E-state index in [2.05, 4.69) is 25.1 Å². The molecule has 0 aliphatic heterocycles. The zero-order chi connectivity index (χ0) is 24.2. The predicted molar refractivity (Wildman–Crippen MR) is 130 cm³/mol. The molecule has 1 fully saturated rings. The van der Waals surface area contributed by atoms with E-state index in [-0.39, 0.29) is 29.8 Å². The Balaban J connectivity index is 1.95. The van der Waals surface area contributed by atoms with Crippen LogP contribution in [-0.4, -0.2) is 28.4 Å². The van der Waals surface area contributed by atoms with Gasteiger partial charge in [-0.1, -0.05) is 62.6 Å². The van der Waals surface area contributed by atoms with E-state index < -0.39 is 12.2 Å². The van der Waals surface area contributed by atoms with Crippen LogP contribution < -0.4 is 0 Å². The van der Waals surface area contributed by atoms with E-state index in [0.717, 1.165) is 56.1 Å². The summed E-state index contributed by atoms with van der Waals surface area (Å²) in [5.41, 5.74) is 1.94. The first-order chi connectivity index (χ1) is 15.9. The number of carbonyl (C=O) groups excluding carboxylic acids is 1. The van der Waals surface area contributed by atoms with E-state index in [1.54, 1.807) is 0 Å². The molecule has 1 unspecified atom stereocenters. The average Bonchev–Trinajstić information content (AvgIpc) is 3.10. The van der Waals surface area contributed by atoms with Gasteiger partial charge in [0, 0.05) is 12.3 Å². The van der Waals surface area contributed by atoms with E-state index in [1.165, 1.54) is 0 Å². The lowest BCUT2D eigenvalue weighted by molar-refractivity contribution is -0.147. The van der Waals surface area contributed by atoms with Crippen molar-refractivity contribution in [2.45, 2.75) is 103 Å². The van der Waals surface area contributed by atoms with E-state index >= 15 is 0 Å². The van der Waals surface area contributed by atoms with E-state index in [1.807, 2.05) is 38.1 Å². The number of benzene rings is 1. The van der Waals surface area contributed by atoms with Crippen molar-refractivity contribution in [3.05, 3.63) is 47.5 Å². The van der Waals surface area contributed by atoms with Gasteiger partial charge in [0.1, 0.15) is 0 Å². The number of rotatable bonds is 13. The molecule has 0 spiro atoms. The first kappa shape index (κ1) is 27.1. The van der Waals surface area contributed by atoms with Crippen molar-refractivity contribution in [2.75, 3.05) is 0 Å². The van der Waals surface area contributed by atoms with Crippen LogP contribution in [0.5, 0.6) is 0 Å². The number of hydrogen-bond acceptors (Lipinski definition) is 5. The molecule has 33 heavy (non-hydrogen) atoms. The Morgan fingerprint density at radius 2 is 1.94 bits per heavy atom. The number of aliphatic hydroxyl groups excluding tert-OH is 2. The first-order valence-corrected chi connectivity index (χ1v) is 12.6. The number of carbonyl (C=O) groups is 1. The lowest BCUT2D eigenvalue weighted by Crippen LogP contribution is -2.18. The van der Waals surface area contributed by atoms with Gasteiger partial charge in [-0.25, -0.2) is 0 Å². The first-order valence-electron chi connectivity index (χ1n) is 12.6. The third-order valence-corrected chi connectivity index (χ3v) is 6.53. The predicted octanol–water partition coefficient (Wildman–Crippen LogP) is 5.97. The summed E-state index contributed by atoms with van der Waals surface area (Å²) >= 11 is 0. The van der Waals surface area contributed by atoms with Crippen LogP contribution in [0.4, 0.5) is 0 Å². The highest BCUT2D eigenvalue weighted by Gasteiger charge is 2.42. The van der Waals surface area contributed by atoms with Crippen molar-refractivity contribution >= 4 is 5.97 Å². The van der Waals surface area contributed by atoms with Crippen molar-refractivity contribution < 1.29 is 19.7 Å². The van der Waals surface area contributed by atoms with E-state index in [0.29, 0.717) is 12.8 Å². The summed E-state index contributed by atoms with van der Waals surface area (Å²) < 4.78 is 5.15. The number of allylic oxidation sites excluding steroid dienone is 2. The third kappa shape index (κ3) is 8.61. The molecule has 5 nitrogen and oxygen atoms in total. The number of esters is 1. The molecule has 0 radical (unpaired) electrons.